The summed E-state index contributed by atoms with van der Waals surface area (Å²) >= 11 is 1.53. The highest BCUT2D eigenvalue weighted by molar-refractivity contribution is 7.98. The maximum atomic E-state index is 15.7. The number of imidazole rings is 1. The highest BCUT2D eigenvalue weighted by atomic mass is 32.2. The monoisotopic (exact) mass is 500 g/mol. The Morgan fingerprint density at radius 2 is 1.91 bits per heavy atom. The number of aryl methyl sites for hydroxylation is 1. The van der Waals surface area contributed by atoms with Gasteiger partial charge in [-0.1, -0.05) is 11.8 Å². The number of thioether (sulfide) groups is 1. The predicted molar refractivity (Wildman–Crippen MR) is 131 cm³/mol. The van der Waals surface area contributed by atoms with Crippen LogP contribution in [0.15, 0.2) is 35.7 Å². The van der Waals surface area contributed by atoms with Crippen LogP contribution in [-0.4, -0.2) is 73.6 Å². The molecule has 0 spiro atoms. The number of nitrogens with zero attached hydrogens (tertiary/aromatic N) is 6. The number of fused-ring (bicyclic) bond motifs is 1. The zero-order chi connectivity index (χ0) is 24.6. The predicted octanol–water partition coefficient (Wildman–Crippen LogP) is 4.16. The van der Waals surface area contributed by atoms with E-state index in [9.17, 15) is 9.18 Å². The van der Waals surface area contributed by atoms with Gasteiger partial charge in [-0.15, -0.1) is 0 Å². The molecule has 3 aromatic rings. The van der Waals surface area contributed by atoms with Gasteiger partial charge in [0.05, 0.1) is 17.2 Å². The molecule has 0 radical (unpaired) electrons. The third-order valence-corrected chi connectivity index (χ3v) is 7.97. The van der Waals surface area contributed by atoms with Crippen LogP contribution in [0.25, 0.3) is 11.0 Å². The van der Waals surface area contributed by atoms with Gasteiger partial charge >= 0.3 is 0 Å². The van der Waals surface area contributed by atoms with Gasteiger partial charge in [-0.25, -0.2) is 13.8 Å². The second kappa shape index (κ2) is 9.81. The Bertz CT molecular complexity index is 1200. The lowest BCUT2D eigenvalue weighted by Crippen LogP contribution is -2.53. The van der Waals surface area contributed by atoms with Crippen LogP contribution in [0.5, 0.6) is 0 Å². The molecular formula is C25H30F2N6OS. The Labute approximate surface area is 207 Å². The van der Waals surface area contributed by atoms with Crippen LogP contribution in [0.3, 0.4) is 0 Å². The average molecular weight is 501 g/mol. The Hall–Kier alpha value is -2.59. The van der Waals surface area contributed by atoms with Gasteiger partial charge in [0.2, 0.25) is 0 Å². The van der Waals surface area contributed by atoms with E-state index in [2.05, 4.69) is 19.7 Å². The molecule has 2 aliphatic heterocycles. The molecule has 0 saturated carbocycles. The number of carbonyl (C=O) groups excluding carboxylic acids is 1. The minimum absolute atomic E-state index is 0.0972. The Morgan fingerprint density at radius 1 is 1.17 bits per heavy atom. The van der Waals surface area contributed by atoms with Gasteiger partial charge < -0.3 is 9.47 Å². The van der Waals surface area contributed by atoms with Crippen LogP contribution in [0.1, 0.15) is 42.9 Å². The van der Waals surface area contributed by atoms with Crippen molar-refractivity contribution in [3.05, 3.63) is 47.5 Å². The minimum Gasteiger partial charge on any atom is -0.340 e. The molecular weight excluding hydrogens is 470 g/mol. The Kier molecular flexibility index (Phi) is 6.76. The molecule has 0 atom stereocenters. The SMILES string of the molecule is CSc1nc2cc(C)c(F)cc2n1C1CCN(C(=O)C2(F)CCN(Cc3ccnnc3)CC2)CC1. The largest absolute Gasteiger partial charge is 0.340 e. The van der Waals surface area contributed by atoms with Crippen LogP contribution in [0, 0.1) is 12.7 Å². The molecule has 7 nitrogen and oxygen atoms in total. The molecule has 2 aliphatic rings. The molecule has 0 bridgehead atoms. The fourth-order valence-corrected chi connectivity index (χ4v) is 5.89. The van der Waals surface area contributed by atoms with Crippen LogP contribution in [-0.2, 0) is 11.3 Å². The van der Waals surface area contributed by atoms with Crippen molar-refractivity contribution in [2.45, 2.75) is 56.0 Å². The summed E-state index contributed by atoms with van der Waals surface area (Å²) in [6.45, 7) is 4.47. The lowest BCUT2D eigenvalue weighted by Gasteiger charge is -2.40. The van der Waals surface area contributed by atoms with Crippen molar-refractivity contribution in [2.24, 2.45) is 0 Å². The molecule has 4 heterocycles. The van der Waals surface area contributed by atoms with Gasteiger partial charge in [0.1, 0.15) is 5.82 Å². The number of benzene rings is 1. The molecule has 5 rings (SSSR count). The number of likely N-dealkylation sites (tertiary alicyclic amines) is 2. The number of alkyl halides is 1. The zero-order valence-corrected chi connectivity index (χ0v) is 20.9. The molecule has 2 fully saturated rings. The van der Waals surface area contributed by atoms with E-state index in [0.717, 1.165) is 21.8 Å². The van der Waals surface area contributed by atoms with Crippen molar-refractivity contribution in [3.63, 3.8) is 0 Å². The molecule has 10 heteroatoms. The summed E-state index contributed by atoms with van der Waals surface area (Å²) in [6.07, 6.45) is 7.11. The smallest absolute Gasteiger partial charge is 0.260 e. The van der Waals surface area contributed by atoms with E-state index in [0.29, 0.717) is 51.1 Å². The quantitative estimate of drug-likeness (QED) is 0.490. The van der Waals surface area contributed by atoms with Gasteiger partial charge in [0.25, 0.3) is 5.91 Å². The highest BCUT2D eigenvalue weighted by Gasteiger charge is 2.45. The number of hydrogen-bond acceptors (Lipinski definition) is 6. The van der Waals surface area contributed by atoms with Crippen molar-refractivity contribution in [1.29, 1.82) is 0 Å². The number of halogens is 2. The summed E-state index contributed by atoms with van der Waals surface area (Å²) in [5.74, 6) is -0.631. The van der Waals surface area contributed by atoms with E-state index in [1.807, 2.05) is 12.3 Å². The van der Waals surface area contributed by atoms with E-state index in [4.69, 9.17) is 4.98 Å². The molecule has 186 valence electrons. The summed E-state index contributed by atoms with van der Waals surface area (Å²) in [7, 11) is 0. The summed E-state index contributed by atoms with van der Waals surface area (Å²) < 4.78 is 32.2. The van der Waals surface area contributed by atoms with Gasteiger partial charge in [-0.05, 0) is 49.3 Å². The first-order chi connectivity index (χ1) is 16.9. The van der Waals surface area contributed by atoms with Crippen LogP contribution in [0.4, 0.5) is 8.78 Å². The third-order valence-electron chi connectivity index (χ3n) is 7.32. The normalized spacial score (nSPS) is 19.4. The van der Waals surface area contributed by atoms with E-state index in [1.165, 1.54) is 11.8 Å². The fraction of sp³-hybridized carbons (Fsp3) is 0.520. The van der Waals surface area contributed by atoms with Gasteiger partial charge in [-0.2, -0.15) is 10.2 Å². The van der Waals surface area contributed by atoms with Crippen LogP contribution >= 0.6 is 11.8 Å². The number of rotatable bonds is 5. The number of piperidine rings is 2. The molecule has 0 N–H and O–H groups in total. The van der Waals surface area contributed by atoms with Gasteiger partial charge in [0, 0.05) is 63.9 Å². The standard InChI is InChI=1S/C25H30F2N6OS/c1-17-13-21-22(14-20(17)26)33(24(30-21)35-2)19-4-9-32(10-5-19)23(34)25(27)6-11-31(12-7-25)16-18-3-8-28-29-15-18/h3,8,13-15,19H,4-7,9-12,16H2,1-2H3. The first-order valence-electron chi connectivity index (χ1n) is 12.1. The minimum atomic E-state index is -1.81. The number of carbonyl (C=O) groups is 1. The number of amides is 1. The van der Waals surface area contributed by atoms with E-state index < -0.39 is 5.67 Å². The summed E-state index contributed by atoms with van der Waals surface area (Å²) in [4.78, 5) is 21.7. The molecule has 2 saturated heterocycles. The van der Waals surface area contributed by atoms with Crippen molar-refractivity contribution in [2.75, 3.05) is 32.4 Å². The third kappa shape index (κ3) is 4.78. The molecule has 1 aromatic carbocycles. The first kappa shape index (κ1) is 24.1. The summed E-state index contributed by atoms with van der Waals surface area (Å²) in [5, 5.41) is 8.52. The number of hydrogen-bond donors (Lipinski definition) is 0. The Balaban J connectivity index is 1.22. The lowest BCUT2D eigenvalue weighted by molar-refractivity contribution is -0.149. The maximum Gasteiger partial charge on any atom is 0.260 e. The molecule has 0 unspecified atom stereocenters. The van der Waals surface area contributed by atoms with Gasteiger partial charge in [-0.3, -0.25) is 9.69 Å². The van der Waals surface area contributed by atoms with Crippen molar-refractivity contribution < 1.29 is 13.6 Å². The fourth-order valence-electron chi connectivity index (χ4n) is 5.25. The van der Waals surface area contributed by atoms with Crippen LogP contribution in [0.2, 0.25) is 0 Å². The first-order valence-corrected chi connectivity index (χ1v) is 13.3. The second-order valence-corrected chi connectivity index (χ2v) is 10.3. The van der Waals surface area contributed by atoms with E-state index in [-0.39, 0.29) is 30.6 Å². The van der Waals surface area contributed by atoms with E-state index in [1.54, 1.807) is 36.4 Å². The van der Waals surface area contributed by atoms with E-state index >= 15 is 4.39 Å². The van der Waals surface area contributed by atoms with Crippen LogP contribution < -0.4 is 0 Å². The summed E-state index contributed by atoms with van der Waals surface area (Å²) in [5.41, 5.74) is 1.36. The number of aromatic nitrogens is 4. The van der Waals surface area contributed by atoms with Crippen molar-refractivity contribution in [1.82, 2.24) is 29.5 Å². The van der Waals surface area contributed by atoms with Crippen molar-refractivity contribution >= 4 is 28.7 Å². The highest BCUT2D eigenvalue weighted by Crippen LogP contribution is 2.35. The molecule has 0 aliphatic carbocycles. The van der Waals surface area contributed by atoms with Crippen molar-refractivity contribution in [3.8, 4) is 0 Å². The second-order valence-electron chi connectivity index (χ2n) is 9.57. The molecule has 2 aromatic heterocycles. The molecule has 35 heavy (non-hydrogen) atoms. The zero-order valence-electron chi connectivity index (χ0n) is 20.1. The Morgan fingerprint density at radius 3 is 2.57 bits per heavy atom. The maximum absolute atomic E-state index is 15.7. The lowest BCUT2D eigenvalue weighted by atomic mass is 9.90. The topological polar surface area (TPSA) is 67.2 Å². The average Bonchev–Trinajstić information content (AvgIpc) is 3.23. The van der Waals surface area contributed by atoms with Gasteiger partial charge in [0.15, 0.2) is 10.8 Å². The molecule has 1 amide bonds. The summed E-state index contributed by atoms with van der Waals surface area (Å²) in [6, 6.07) is 5.34.